The number of esters is 2. The number of fused-ring (bicyclic) bond motifs is 1. The summed E-state index contributed by atoms with van der Waals surface area (Å²) >= 11 is 0. The largest absolute Gasteiger partial charge is 0.454 e. The molecule has 14 heteroatoms. The van der Waals surface area contributed by atoms with Gasteiger partial charge in [-0.3, -0.25) is 28.8 Å². The molecule has 4 amide bonds. The summed E-state index contributed by atoms with van der Waals surface area (Å²) < 4.78 is 10.5. The monoisotopic (exact) mass is 926 g/mol. The van der Waals surface area contributed by atoms with Gasteiger partial charge < -0.3 is 30.7 Å². The van der Waals surface area contributed by atoms with Gasteiger partial charge in [-0.25, -0.2) is 9.59 Å². The van der Waals surface area contributed by atoms with Crippen LogP contribution in [-0.2, 0) is 24.5 Å². The fraction of sp³-hybridized carbons (Fsp3) is 0.164. The van der Waals surface area contributed by atoms with Crippen molar-refractivity contribution in [2.75, 3.05) is 36.2 Å². The van der Waals surface area contributed by atoms with Crippen molar-refractivity contribution >= 4 is 75.0 Å². The molecule has 0 saturated carbocycles. The van der Waals surface area contributed by atoms with Crippen molar-refractivity contribution in [3.8, 4) is 0 Å². The maximum atomic E-state index is 14.1. The molecule has 14 nitrogen and oxygen atoms in total. The van der Waals surface area contributed by atoms with Gasteiger partial charge in [0.15, 0.2) is 24.8 Å². The zero-order valence-electron chi connectivity index (χ0n) is 39.0. The van der Waals surface area contributed by atoms with Crippen LogP contribution in [0.2, 0.25) is 0 Å². The maximum absolute atomic E-state index is 14.1. The minimum Gasteiger partial charge on any atom is -0.454 e. The van der Waals surface area contributed by atoms with Gasteiger partial charge in [0.25, 0.3) is 23.6 Å². The molecule has 0 saturated heterocycles. The highest BCUT2D eigenvalue weighted by atomic mass is 16.5. The number of hydrogen-bond acceptors (Lipinski definition) is 10. The molecule has 0 unspecified atom stereocenters. The number of hydrogen-bond donors (Lipinski definition) is 4. The number of carbonyl (C=O) groups excluding carboxylic acids is 8. The third-order valence-corrected chi connectivity index (χ3v) is 11.3. The van der Waals surface area contributed by atoms with Gasteiger partial charge in [0, 0.05) is 40.7 Å². The van der Waals surface area contributed by atoms with Gasteiger partial charge in [0.1, 0.15) is 0 Å². The predicted molar refractivity (Wildman–Crippen MR) is 264 cm³/mol. The number of nitrogens with one attached hydrogen (secondary N) is 4. The second-order valence-electron chi connectivity index (χ2n) is 16.9. The minimum absolute atomic E-state index is 0.0261. The summed E-state index contributed by atoms with van der Waals surface area (Å²) in [5, 5.41) is 12.8. The van der Waals surface area contributed by atoms with Gasteiger partial charge in [0.05, 0.1) is 22.3 Å². The average molecular weight is 927 g/mol. The molecule has 0 radical (unpaired) electrons. The first-order valence-corrected chi connectivity index (χ1v) is 21.6. The molecule has 6 rings (SSSR count). The molecular weight excluding hydrogens is 877 g/mol. The molecule has 69 heavy (non-hydrogen) atoms. The van der Waals surface area contributed by atoms with Gasteiger partial charge in [-0.05, 0) is 139 Å². The molecule has 0 aliphatic heterocycles. The van der Waals surface area contributed by atoms with E-state index >= 15 is 0 Å². The molecule has 0 atom stereocenters. The van der Waals surface area contributed by atoms with E-state index in [1.54, 1.807) is 36.4 Å². The lowest BCUT2D eigenvalue weighted by molar-refractivity contribution is -0.119. The van der Waals surface area contributed by atoms with E-state index in [1.807, 2.05) is 57.2 Å². The van der Waals surface area contributed by atoms with Crippen LogP contribution in [0.4, 0.5) is 17.1 Å². The Morgan fingerprint density at radius 3 is 1.29 bits per heavy atom. The molecule has 0 aromatic heterocycles. The van der Waals surface area contributed by atoms with Crippen molar-refractivity contribution in [3.63, 3.8) is 0 Å². The lowest BCUT2D eigenvalue weighted by atomic mass is 9.76. The summed E-state index contributed by atoms with van der Waals surface area (Å²) in [6.45, 7) is 14.5. The molecule has 4 N–H and O–H groups in total. The first kappa shape index (κ1) is 49.6. The van der Waals surface area contributed by atoms with Crippen LogP contribution in [0.1, 0.15) is 107 Å². The number of rotatable bonds is 17. The van der Waals surface area contributed by atoms with Crippen LogP contribution >= 0.6 is 0 Å². The summed E-state index contributed by atoms with van der Waals surface area (Å²) in [5.41, 5.74) is 3.41. The predicted octanol–water partition coefficient (Wildman–Crippen LogP) is 9.19. The summed E-state index contributed by atoms with van der Waals surface area (Å²) in [5.74, 6) is -4.77. The number of aryl methyl sites for hydroxylation is 1. The third kappa shape index (κ3) is 12.0. The number of ketones is 2. The van der Waals surface area contributed by atoms with E-state index in [9.17, 15) is 38.4 Å². The zero-order valence-corrected chi connectivity index (χ0v) is 39.0. The molecule has 0 aliphatic rings. The Morgan fingerprint density at radius 1 is 0.478 bits per heavy atom. The molecular formula is C55H50N4O10. The molecule has 0 aliphatic carbocycles. The number of carbonyl (C=O) groups is 8. The van der Waals surface area contributed by atoms with Crippen molar-refractivity contribution in [2.24, 2.45) is 0 Å². The summed E-state index contributed by atoms with van der Waals surface area (Å²) in [6.07, 6.45) is 0. The number of amides is 4. The standard InChI is InChI=1S/C55H50N4O10/c1-31(2)47(60)29-68-53(66)43-23-17-38(27-45(43)51(64)56-8)55(6,7)39-18-24-44(54(67)69-30-48(61)32(3)4)46(28-39)52(65)57-40-19-13-35(14-20-40)50(63)59-42-22-16-36-25-41(21-15-37(36)26-42)58-49(62)34-11-9-33(5)10-12-34/h9-28H,1,3,29-30H2,2,4-8H3,(H,56,64)(H,57,65)(H,58,62)(H,59,63). The fourth-order valence-electron chi connectivity index (χ4n) is 6.98. The van der Waals surface area contributed by atoms with E-state index in [4.69, 9.17) is 9.47 Å². The Morgan fingerprint density at radius 2 is 0.870 bits per heavy atom. The van der Waals surface area contributed by atoms with Crippen molar-refractivity contribution in [1.82, 2.24) is 5.32 Å². The lowest BCUT2D eigenvalue weighted by Crippen LogP contribution is -2.26. The topological polar surface area (TPSA) is 203 Å². The summed E-state index contributed by atoms with van der Waals surface area (Å²) in [4.78, 5) is 104. The molecule has 0 bridgehead atoms. The average Bonchev–Trinajstić information content (AvgIpc) is 3.34. The van der Waals surface area contributed by atoms with Gasteiger partial charge >= 0.3 is 11.9 Å². The molecule has 0 heterocycles. The zero-order chi connectivity index (χ0) is 50.2. The van der Waals surface area contributed by atoms with Crippen LogP contribution in [0.15, 0.2) is 146 Å². The van der Waals surface area contributed by atoms with Crippen LogP contribution in [-0.4, -0.2) is 67.4 Å². The Hall–Kier alpha value is -8.78. The Kier molecular flexibility index (Phi) is 15.3. The van der Waals surface area contributed by atoms with E-state index in [1.165, 1.54) is 69.4 Å². The molecule has 0 spiro atoms. The van der Waals surface area contributed by atoms with E-state index < -0.39 is 59.9 Å². The quantitative estimate of drug-likeness (QED) is 0.0504. The molecule has 6 aromatic carbocycles. The van der Waals surface area contributed by atoms with Crippen molar-refractivity contribution in [2.45, 2.75) is 40.0 Å². The third-order valence-electron chi connectivity index (χ3n) is 11.3. The second kappa shape index (κ2) is 21.2. The van der Waals surface area contributed by atoms with Crippen molar-refractivity contribution < 1.29 is 47.8 Å². The number of anilines is 3. The molecule has 0 fully saturated rings. The van der Waals surface area contributed by atoms with E-state index in [2.05, 4.69) is 34.4 Å². The van der Waals surface area contributed by atoms with Gasteiger partial charge in [-0.2, -0.15) is 0 Å². The van der Waals surface area contributed by atoms with Gasteiger partial charge in [-0.1, -0.05) is 69.0 Å². The Labute approximate surface area is 398 Å². The highest BCUT2D eigenvalue weighted by Crippen LogP contribution is 2.35. The minimum atomic E-state index is -0.975. The smallest absolute Gasteiger partial charge is 0.339 e. The van der Waals surface area contributed by atoms with Crippen LogP contribution in [0, 0.1) is 6.92 Å². The van der Waals surface area contributed by atoms with Crippen molar-refractivity contribution in [1.29, 1.82) is 0 Å². The van der Waals surface area contributed by atoms with Crippen molar-refractivity contribution in [3.05, 3.63) is 196 Å². The van der Waals surface area contributed by atoms with Crippen LogP contribution in [0.25, 0.3) is 10.8 Å². The molecule has 6 aromatic rings. The summed E-state index contributed by atoms with van der Waals surface area (Å²) in [7, 11) is 1.40. The Bertz CT molecular complexity index is 3100. The SMILES string of the molecule is C=C(C)C(=O)COC(=O)c1ccc(C(C)(C)c2ccc(C(=O)OCC(=O)C(=C)C)c(C(=O)Nc3ccc(C(=O)Nc4ccc5cc(NC(=O)c6ccc(C)cc6)ccc5c4)cc3)c2)cc1C(=O)NC. The number of Topliss-reactive ketones (excluding diaryl/α,β-unsaturated/α-hetero) is 2. The van der Waals surface area contributed by atoms with E-state index in [0.717, 1.165) is 16.3 Å². The van der Waals surface area contributed by atoms with Crippen LogP contribution < -0.4 is 21.3 Å². The van der Waals surface area contributed by atoms with Gasteiger partial charge in [-0.15, -0.1) is 0 Å². The highest BCUT2D eigenvalue weighted by molar-refractivity contribution is 6.12. The fourth-order valence-corrected chi connectivity index (χ4v) is 6.98. The summed E-state index contributed by atoms with van der Waals surface area (Å²) in [6, 6.07) is 33.2. The number of benzene rings is 6. The van der Waals surface area contributed by atoms with Gasteiger partial charge in [0.2, 0.25) is 0 Å². The normalized spacial score (nSPS) is 10.9. The van der Waals surface area contributed by atoms with Crippen LogP contribution in [0.5, 0.6) is 0 Å². The first-order chi connectivity index (χ1) is 32.7. The maximum Gasteiger partial charge on any atom is 0.339 e. The number of ether oxygens (including phenoxy) is 2. The highest BCUT2D eigenvalue weighted by Gasteiger charge is 2.30. The second-order valence-corrected chi connectivity index (χ2v) is 16.9. The van der Waals surface area contributed by atoms with E-state index in [0.29, 0.717) is 28.1 Å². The van der Waals surface area contributed by atoms with Crippen LogP contribution in [0.3, 0.4) is 0 Å². The lowest BCUT2D eigenvalue weighted by Gasteiger charge is -2.28. The molecule has 350 valence electrons. The first-order valence-electron chi connectivity index (χ1n) is 21.6. The Balaban J connectivity index is 1.21. The van der Waals surface area contributed by atoms with E-state index in [-0.39, 0.29) is 50.6 Å².